The number of benzene rings is 2. The van der Waals surface area contributed by atoms with Crippen molar-refractivity contribution in [2.75, 3.05) is 7.11 Å². The van der Waals surface area contributed by atoms with Gasteiger partial charge in [0.2, 0.25) is 0 Å². The first kappa shape index (κ1) is 18.8. The Morgan fingerprint density at radius 1 is 1.26 bits per heavy atom. The average molecular weight is 391 g/mol. The molecular weight excluding hydrogens is 376 g/mol. The molecule has 1 N–H and O–H groups in total. The standard InChI is InChI=1S/C19H15F2NO4S/c1-25-15-9-11(6-7-14(15)26-19(20)21)8-12(10-17(23)24)18-22-13-4-2-3-5-16(13)27-18/h2-9,19H,10H2,1H3,(H,23,24). The van der Waals surface area contributed by atoms with Crippen LogP contribution in [0.2, 0.25) is 0 Å². The van der Waals surface area contributed by atoms with Crippen LogP contribution in [-0.4, -0.2) is 29.8 Å². The molecule has 0 aliphatic rings. The quantitative estimate of drug-likeness (QED) is 0.619. The van der Waals surface area contributed by atoms with Gasteiger partial charge < -0.3 is 14.6 Å². The lowest BCUT2D eigenvalue weighted by molar-refractivity contribution is -0.135. The van der Waals surface area contributed by atoms with Gasteiger partial charge in [-0.1, -0.05) is 18.2 Å². The molecule has 1 aromatic heterocycles. The highest BCUT2D eigenvalue weighted by atomic mass is 32.1. The Hall–Kier alpha value is -3.00. The Morgan fingerprint density at radius 3 is 2.70 bits per heavy atom. The smallest absolute Gasteiger partial charge is 0.387 e. The third-order valence-corrected chi connectivity index (χ3v) is 4.77. The topological polar surface area (TPSA) is 68.7 Å². The normalized spacial score (nSPS) is 11.8. The molecule has 0 radical (unpaired) electrons. The van der Waals surface area contributed by atoms with E-state index in [0.29, 0.717) is 16.1 Å². The number of hydrogen-bond acceptors (Lipinski definition) is 5. The molecule has 0 spiro atoms. The molecule has 0 aliphatic carbocycles. The summed E-state index contributed by atoms with van der Waals surface area (Å²) in [4.78, 5) is 15.8. The van der Waals surface area contributed by atoms with Gasteiger partial charge in [0.05, 0.1) is 23.7 Å². The number of fused-ring (bicyclic) bond motifs is 1. The lowest BCUT2D eigenvalue weighted by Crippen LogP contribution is -2.03. The molecule has 3 rings (SSSR count). The maximum absolute atomic E-state index is 12.5. The zero-order valence-corrected chi connectivity index (χ0v) is 15.0. The zero-order valence-electron chi connectivity index (χ0n) is 14.2. The van der Waals surface area contributed by atoms with Gasteiger partial charge in [-0.05, 0) is 41.5 Å². The molecule has 0 amide bonds. The van der Waals surface area contributed by atoms with E-state index >= 15 is 0 Å². The number of carboxylic acids is 1. The minimum atomic E-state index is -2.97. The monoisotopic (exact) mass is 391 g/mol. The fourth-order valence-electron chi connectivity index (χ4n) is 2.53. The second-order valence-electron chi connectivity index (χ2n) is 5.52. The summed E-state index contributed by atoms with van der Waals surface area (Å²) in [6, 6.07) is 11.9. The van der Waals surface area contributed by atoms with Gasteiger partial charge in [-0.2, -0.15) is 8.78 Å². The van der Waals surface area contributed by atoms with Crippen LogP contribution in [0.3, 0.4) is 0 Å². The molecule has 0 atom stereocenters. The Morgan fingerprint density at radius 2 is 2.04 bits per heavy atom. The molecule has 3 aromatic rings. The number of ether oxygens (including phenoxy) is 2. The number of aliphatic carboxylic acids is 1. The molecule has 8 heteroatoms. The SMILES string of the molecule is COc1cc(C=C(CC(=O)O)c2nc3ccccc3s2)ccc1OC(F)F. The van der Waals surface area contributed by atoms with E-state index in [1.807, 2.05) is 24.3 Å². The van der Waals surface area contributed by atoms with Crippen LogP contribution in [0.25, 0.3) is 21.9 Å². The van der Waals surface area contributed by atoms with Gasteiger partial charge in [-0.15, -0.1) is 11.3 Å². The van der Waals surface area contributed by atoms with Crippen molar-refractivity contribution >= 4 is 39.2 Å². The van der Waals surface area contributed by atoms with Gasteiger partial charge in [0.15, 0.2) is 11.5 Å². The summed E-state index contributed by atoms with van der Waals surface area (Å²) in [5.41, 5.74) is 1.88. The molecule has 0 saturated carbocycles. The van der Waals surface area contributed by atoms with E-state index in [4.69, 9.17) is 4.74 Å². The minimum Gasteiger partial charge on any atom is -0.493 e. The molecule has 140 valence electrons. The molecule has 0 aliphatic heterocycles. The number of nitrogens with zero attached hydrogens (tertiary/aromatic N) is 1. The van der Waals surface area contributed by atoms with Gasteiger partial charge in [0, 0.05) is 0 Å². The summed E-state index contributed by atoms with van der Waals surface area (Å²) in [6.45, 7) is -2.97. The molecule has 2 aromatic carbocycles. The number of rotatable bonds is 7. The van der Waals surface area contributed by atoms with E-state index in [-0.39, 0.29) is 17.9 Å². The Bertz CT molecular complexity index is 967. The number of aromatic nitrogens is 1. The molecule has 1 heterocycles. The Kier molecular flexibility index (Phi) is 5.66. The van der Waals surface area contributed by atoms with Crippen LogP contribution in [0, 0.1) is 0 Å². The van der Waals surface area contributed by atoms with E-state index in [2.05, 4.69) is 9.72 Å². The van der Waals surface area contributed by atoms with Crippen molar-refractivity contribution in [3.63, 3.8) is 0 Å². The van der Waals surface area contributed by atoms with Crippen molar-refractivity contribution in [2.24, 2.45) is 0 Å². The molecule has 0 bridgehead atoms. The fraction of sp³-hybridized carbons (Fsp3) is 0.158. The Labute approximate surface area is 157 Å². The summed E-state index contributed by atoms with van der Waals surface area (Å²) < 4.78 is 35.3. The first-order valence-electron chi connectivity index (χ1n) is 7.87. The van der Waals surface area contributed by atoms with E-state index in [9.17, 15) is 18.7 Å². The molecular formula is C19H15F2NO4S. The van der Waals surface area contributed by atoms with E-state index in [1.165, 1.54) is 30.6 Å². The van der Waals surface area contributed by atoms with Crippen molar-refractivity contribution in [1.29, 1.82) is 0 Å². The van der Waals surface area contributed by atoms with Gasteiger partial charge in [0.25, 0.3) is 0 Å². The van der Waals surface area contributed by atoms with E-state index in [1.54, 1.807) is 12.1 Å². The zero-order chi connectivity index (χ0) is 19.4. The number of para-hydroxylation sites is 1. The van der Waals surface area contributed by atoms with Crippen molar-refractivity contribution in [3.05, 3.63) is 53.0 Å². The van der Waals surface area contributed by atoms with Crippen LogP contribution in [0.1, 0.15) is 17.0 Å². The molecule has 0 unspecified atom stereocenters. The number of methoxy groups -OCH3 is 1. The summed E-state index contributed by atoms with van der Waals surface area (Å²) in [5.74, 6) is -0.961. The van der Waals surface area contributed by atoms with Crippen LogP contribution >= 0.6 is 11.3 Å². The average Bonchev–Trinajstić information content (AvgIpc) is 3.05. The number of carbonyl (C=O) groups is 1. The molecule has 0 saturated heterocycles. The lowest BCUT2D eigenvalue weighted by Gasteiger charge is -2.10. The van der Waals surface area contributed by atoms with Gasteiger partial charge >= 0.3 is 12.6 Å². The number of thiazole rings is 1. The maximum atomic E-state index is 12.5. The van der Waals surface area contributed by atoms with Crippen molar-refractivity contribution in [3.8, 4) is 11.5 Å². The molecule has 5 nitrogen and oxygen atoms in total. The van der Waals surface area contributed by atoms with Gasteiger partial charge in [0.1, 0.15) is 5.01 Å². The van der Waals surface area contributed by atoms with Crippen LogP contribution in [0.5, 0.6) is 11.5 Å². The summed E-state index contributed by atoms with van der Waals surface area (Å²) in [7, 11) is 1.34. The third-order valence-electron chi connectivity index (χ3n) is 3.65. The lowest BCUT2D eigenvalue weighted by atomic mass is 10.1. The number of carboxylic acid groups (broad SMARTS) is 1. The van der Waals surface area contributed by atoms with Crippen LogP contribution < -0.4 is 9.47 Å². The molecule has 0 fully saturated rings. The van der Waals surface area contributed by atoms with Crippen LogP contribution in [-0.2, 0) is 4.79 Å². The second-order valence-corrected chi connectivity index (χ2v) is 6.55. The van der Waals surface area contributed by atoms with Crippen molar-refractivity contribution in [2.45, 2.75) is 13.0 Å². The van der Waals surface area contributed by atoms with E-state index in [0.717, 1.165) is 10.2 Å². The number of halogens is 2. The Balaban J connectivity index is 2.01. The first-order valence-corrected chi connectivity index (χ1v) is 8.69. The van der Waals surface area contributed by atoms with E-state index < -0.39 is 12.6 Å². The predicted molar refractivity (Wildman–Crippen MR) is 99.4 cm³/mol. The molecule has 27 heavy (non-hydrogen) atoms. The van der Waals surface area contributed by atoms with Gasteiger partial charge in [-0.25, -0.2) is 4.98 Å². The highest BCUT2D eigenvalue weighted by Gasteiger charge is 2.14. The van der Waals surface area contributed by atoms with Gasteiger partial charge in [-0.3, -0.25) is 4.79 Å². The second kappa shape index (κ2) is 8.13. The highest BCUT2D eigenvalue weighted by molar-refractivity contribution is 7.19. The summed E-state index contributed by atoms with van der Waals surface area (Å²) >= 11 is 1.39. The minimum absolute atomic E-state index is 0.0931. The van der Waals surface area contributed by atoms with Crippen molar-refractivity contribution in [1.82, 2.24) is 4.98 Å². The largest absolute Gasteiger partial charge is 0.493 e. The summed E-state index contributed by atoms with van der Waals surface area (Å²) in [5, 5.41) is 9.84. The number of alkyl halides is 2. The predicted octanol–water partition coefficient (Wildman–Crippen LogP) is 4.92. The third kappa shape index (κ3) is 4.59. The fourth-order valence-corrected chi connectivity index (χ4v) is 3.51. The van der Waals surface area contributed by atoms with Crippen LogP contribution in [0.4, 0.5) is 8.78 Å². The maximum Gasteiger partial charge on any atom is 0.387 e. The highest BCUT2D eigenvalue weighted by Crippen LogP contribution is 2.33. The van der Waals surface area contributed by atoms with Crippen LogP contribution in [0.15, 0.2) is 42.5 Å². The van der Waals surface area contributed by atoms with Crippen molar-refractivity contribution < 1.29 is 28.2 Å². The first-order chi connectivity index (χ1) is 13.0. The summed E-state index contributed by atoms with van der Waals surface area (Å²) in [6.07, 6.45) is 1.43. The number of hydrogen-bond donors (Lipinski definition) is 1.